The normalized spacial score (nSPS) is 26.7. The topological polar surface area (TPSA) is 60.8 Å². The third-order valence-electron chi connectivity index (χ3n) is 5.74. The minimum atomic E-state index is -1.00. The largest absolute Gasteiger partial charge is 0.481 e. The second-order valence-corrected chi connectivity index (χ2v) is 8.92. The van der Waals surface area contributed by atoms with Crippen molar-refractivity contribution in [3.05, 3.63) is 47.3 Å². The predicted molar refractivity (Wildman–Crippen MR) is 103 cm³/mol. The minimum absolute atomic E-state index is 0.443. The maximum absolute atomic E-state index is 12.1. The first kappa shape index (κ1) is 17.7. The molecule has 1 aromatic heterocycles. The Morgan fingerprint density at radius 1 is 1.15 bits per heavy atom. The summed E-state index contributed by atoms with van der Waals surface area (Å²) in [5.74, 6) is -0.357. The highest BCUT2D eigenvalue weighted by molar-refractivity contribution is 7.15. The number of hydrogen-bond donors (Lipinski definition) is 2. The van der Waals surface area contributed by atoms with Gasteiger partial charge in [0.25, 0.3) is 0 Å². The lowest BCUT2D eigenvalue weighted by molar-refractivity contribution is -0.165. The second kappa shape index (κ2) is 7.14. The zero-order chi connectivity index (χ0) is 18.1. The first-order chi connectivity index (χ1) is 12.6. The molecule has 2 atom stereocenters. The van der Waals surface area contributed by atoms with Gasteiger partial charge in [-0.1, -0.05) is 43.2 Å². The minimum Gasteiger partial charge on any atom is -0.481 e. The highest BCUT2D eigenvalue weighted by Crippen LogP contribution is 2.45. The Balaban J connectivity index is 1.48. The smallest absolute Gasteiger partial charge is 0.313 e. The van der Waals surface area contributed by atoms with E-state index in [0.717, 1.165) is 25.9 Å². The quantitative estimate of drug-likeness (QED) is 0.810. The highest BCUT2D eigenvalue weighted by Gasteiger charge is 2.51. The van der Waals surface area contributed by atoms with Gasteiger partial charge >= 0.3 is 5.97 Å². The summed E-state index contributed by atoms with van der Waals surface area (Å²) >= 11 is 1.76. The van der Waals surface area contributed by atoms with Crippen LogP contribution in [0, 0.1) is 11.3 Å². The van der Waals surface area contributed by atoms with E-state index in [4.69, 9.17) is 0 Å². The molecule has 0 radical (unpaired) electrons. The van der Waals surface area contributed by atoms with Gasteiger partial charge in [0.05, 0.1) is 6.10 Å². The molecule has 1 aliphatic carbocycles. The van der Waals surface area contributed by atoms with Gasteiger partial charge < -0.3 is 10.2 Å². The molecule has 2 fully saturated rings. The van der Waals surface area contributed by atoms with Gasteiger partial charge in [0.15, 0.2) is 0 Å². The molecule has 2 aromatic rings. The molecule has 0 amide bonds. The van der Waals surface area contributed by atoms with E-state index in [1.807, 2.05) is 18.2 Å². The Bertz CT molecular complexity index is 771. The van der Waals surface area contributed by atoms with Crippen molar-refractivity contribution in [1.82, 2.24) is 4.90 Å². The summed E-state index contributed by atoms with van der Waals surface area (Å²) in [6, 6.07) is 14.6. The zero-order valence-corrected chi connectivity index (χ0v) is 15.6. The fourth-order valence-electron chi connectivity index (χ4n) is 4.08. The van der Waals surface area contributed by atoms with Crippen molar-refractivity contribution in [2.24, 2.45) is 11.3 Å². The zero-order valence-electron chi connectivity index (χ0n) is 14.8. The standard InChI is InChI=1S/C21H25NO3S/c23-19-10-11-22(14-21(19,20(24)25)12-15-6-7-15)13-17-8-9-18(26-17)16-4-2-1-3-5-16/h1-5,8-9,15,19,23H,6-7,10-14H2,(H,24,25)/t19-,21-/m1/s1. The number of aliphatic carboxylic acids is 1. The van der Waals surface area contributed by atoms with Crippen LogP contribution in [-0.4, -0.2) is 40.3 Å². The van der Waals surface area contributed by atoms with E-state index >= 15 is 0 Å². The summed E-state index contributed by atoms with van der Waals surface area (Å²) < 4.78 is 0. The van der Waals surface area contributed by atoms with Crippen LogP contribution in [-0.2, 0) is 11.3 Å². The SMILES string of the molecule is O=C(O)[C@]1(CC2CC2)CN(Cc2ccc(-c3ccccc3)s2)CC[C@H]1O. The molecular weight excluding hydrogens is 346 g/mol. The molecule has 2 N–H and O–H groups in total. The Morgan fingerprint density at radius 3 is 2.62 bits per heavy atom. The predicted octanol–water partition coefficient (Wildman–Crippen LogP) is 3.85. The molecule has 26 heavy (non-hydrogen) atoms. The number of hydrogen-bond acceptors (Lipinski definition) is 4. The molecule has 2 aliphatic rings. The van der Waals surface area contributed by atoms with Gasteiger partial charge in [0.1, 0.15) is 5.41 Å². The fraction of sp³-hybridized carbons (Fsp3) is 0.476. The molecule has 4 rings (SSSR count). The van der Waals surface area contributed by atoms with Gasteiger partial charge in [0.2, 0.25) is 0 Å². The molecule has 4 nitrogen and oxygen atoms in total. The van der Waals surface area contributed by atoms with Crippen LogP contribution in [0.4, 0.5) is 0 Å². The van der Waals surface area contributed by atoms with Crippen LogP contribution in [0.2, 0.25) is 0 Å². The van der Waals surface area contributed by atoms with Gasteiger partial charge in [-0.15, -0.1) is 11.3 Å². The van der Waals surface area contributed by atoms with Crippen LogP contribution in [0.15, 0.2) is 42.5 Å². The van der Waals surface area contributed by atoms with Crippen molar-refractivity contribution >= 4 is 17.3 Å². The van der Waals surface area contributed by atoms with Crippen molar-refractivity contribution in [2.75, 3.05) is 13.1 Å². The molecule has 1 saturated carbocycles. The van der Waals surface area contributed by atoms with Crippen molar-refractivity contribution in [2.45, 2.75) is 38.3 Å². The van der Waals surface area contributed by atoms with E-state index in [2.05, 4.69) is 29.2 Å². The highest BCUT2D eigenvalue weighted by atomic mass is 32.1. The maximum atomic E-state index is 12.1. The Hall–Kier alpha value is -1.69. The van der Waals surface area contributed by atoms with Crippen LogP contribution in [0.3, 0.4) is 0 Å². The average molecular weight is 372 g/mol. The third kappa shape index (κ3) is 3.56. The number of rotatable bonds is 6. The average Bonchev–Trinajstić information content (AvgIpc) is 3.33. The van der Waals surface area contributed by atoms with E-state index in [9.17, 15) is 15.0 Å². The molecule has 138 valence electrons. The number of likely N-dealkylation sites (tertiary alicyclic amines) is 1. The van der Waals surface area contributed by atoms with Gasteiger partial charge in [-0.2, -0.15) is 0 Å². The molecule has 5 heteroatoms. The van der Waals surface area contributed by atoms with E-state index in [0.29, 0.717) is 25.3 Å². The second-order valence-electron chi connectivity index (χ2n) is 7.76. The van der Waals surface area contributed by atoms with Crippen molar-refractivity contribution in [3.63, 3.8) is 0 Å². The van der Waals surface area contributed by atoms with Crippen molar-refractivity contribution in [3.8, 4) is 10.4 Å². The molecule has 1 saturated heterocycles. The summed E-state index contributed by atoms with van der Waals surface area (Å²) in [5, 5.41) is 20.4. The molecule has 0 spiro atoms. The Labute approximate surface area is 158 Å². The molecule has 1 aromatic carbocycles. The van der Waals surface area contributed by atoms with Crippen molar-refractivity contribution < 1.29 is 15.0 Å². The van der Waals surface area contributed by atoms with E-state index in [-0.39, 0.29) is 0 Å². The number of aliphatic hydroxyl groups is 1. The number of benzene rings is 1. The molecular formula is C21H25NO3S. The third-order valence-corrected chi connectivity index (χ3v) is 6.86. The Kier molecular flexibility index (Phi) is 4.86. The lowest BCUT2D eigenvalue weighted by Crippen LogP contribution is -2.55. The molecule has 1 aliphatic heterocycles. The first-order valence-corrected chi connectivity index (χ1v) is 10.2. The van der Waals surface area contributed by atoms with E-state index in [1.165, 1.54) is 15.3 Å². The van der Waals surface area contributed by atoms with Crippen LogP contribution in [0.1, 0.15) is 30.6 Å². The van der Waals surface area contributed by atoms with Gasteiger partial charge in [-0.3, -0.25) is 9.69 Å². The number of aliphatic hydroxyl groups excluding tert-OH is 1. The summed E-state index contributed by atoms with van der Waals surface area (Å²) in [6.07, 6.45) is 2.62. The number of carbonyl (C=O) groups is 1. The molecule has 0 bridgehead atoms. The maximum Gasteiger partial charge on any atom is 0.313 e. The lowest BCUT2D eigenvalue weighted by Gasteiger charge is -2.43. The number of nitrogens with zero attached hydrogens (tertiary/aromatic N) is 1. The fourth-order valence-corrected chi connectivity index (χ4v) is 5.13. The number of carboxylic acid groups (broad SMARTS) is 1. The summed E-state index contributed by atoms with van der Waals surface area (Å²) in [7, 11) is 0. The molecule has 2 heterocycles. The van der Waals surface area contributed by atoms with Crippen LogP contribution in [0.25, 0.3) is 10.4 Å². The van der Waals surface area contributed by atoms with Gasteiger partial charge in [-0.25, -0.2) is 0 Å². The first-order valence-electron chi connectivity index (χ1n) is 9.35. The number of piperidine rings is 1. The van der Waals surface area contributed by atoms with E-state index < -0.39 is 17.5 Å². The number of carboxylic acids is 1. The number of thiophene rings is 1. The van der Waals surface area contributed by atoms with Gasteiger partial charge in [0, 0.05) is 29.4 Å². The summed E-state index contributed by atoms with van der Waals surface area (Å²) in [5.41, 5.74) is 0.213. The van der Waals surface area contributed by atoms with Crippen LogP contribution in [0.5, 0.6) is 0 Å². The summed E-state index contributed by atoms with van der Waals surface area (Å²) in [6.45, 7) is 1.95. The van der Waals surface area contributed by atoms with Crippen LogP contribution >= 0.6 is 11.3 Å². The lowest BCUT2D eigenvalue weighted by atomic mass is 9.73. The van der Waals surface area contributed by atoms with Gasteiger partial charge in [-0.05, 0) is 36.5 Å². The van der Waals surface area contributed by atoms with E-state index in [1.54, 1.807) is 11.3 Å². The summed E-state index contributed by atoms with van der Waals surface area (Å²) in [4.78, 5) is 16.7. The monoisotopic (exact) mass is 371 g/mol. The Morgan fingerprint density at radius 2 is 1.92 bits per heavy atom. The van der Waals surface area contributed by atoms with Crippen molar-refractivity contribution in [1.29, 1.82) is 0 Å². The van der Waals surface area contributed by atoms with Crippen LogP contribution < -0.4 is 0 Å². The molecule has 0 unspecified atom stereocenters.